The van der Waals surface area contributed by atoms with Gasteiger partial charge in [-0.15, -0.1) is 0 Å². The van der Waals surface area contributed by atoms with Crippen LogP contribution in [0, 0.1) is 0 Å². The third kappa shape index (κ3) is 18.0. The molecule has 2 N–H and O–H groups in total. The molecule has 1 atom stereocenters. The van der Waals surface area contributed by atoms with Gasteiger partial charge in [-0.3, -0.25) is 9.05 Å². The number of hydrogen-bond donors (Lipinski definition) is 2. The molecule has 0 aromatic heterocycles. The summed E-state index contributed by atoms with van der Waals surface area (Å²) in [4.78, 5) is 0. The summed E-state index contributed by atoms with van der Waals surface area (Å²) in [5.41, 5.74) is 1.28. The van der Waals surface area contributed by atoms with Crippen molar-refractivity contribution in [3.05, 3.63) is 65.2 Å². The van der Waals surface area contributed by atoms with Crippen molar-refractivity contribution in [2.75, 3.05) is 26.3 Å². The topological polar surface area (TPSA) is 95.5 Å². The van der Waals surface area contributed by atoms with E-state index in [1.807, 2.05) is 47.6 Å². The van der Waals surface area contributed by atoms with Crippen LogP contribution >= 0.6 is 7.82 Å². The molecule has 10 heteroatoms. The summed E-state index contributed by atoms with van der Waals surface area (Å²) in [6.07, 6.45) is 7.01. The lowest BCUT2D eigenvalue weighted by Gasteiger charge is -2.36. The van der Waals surface area contributed by atoms with Gasteiger partial charge in [0.1, 0.15) is 5.75 Å². The summed E-state index contributed by atoms with van der Waals surface area (Å²) in [7, 11) is -6.15. The van der Waals surface area contributed by atoms with E-state index in [0.717, 1.165) is 70.3 Å². The minimum Gasteiger partial charge on any atom is -0.412 e. The Morgan fingerprint density at radius 2 is 1.39 bits per heavy atom. The Morgan fingerprint density at radius 3 is 1.98 bits per heavy atom. The molecule has 2 aromatic carbocycles. The van der Waals surface area contributed by atoms with Crippen LogP contribution in [0.2, 0.25) is 18.1 Å². The molecule has 2 aromatic rings. The molecule has 0 unspecified atom stereocenters. The number of phosphoric ester groups is 1. The zero-order chi connectivity index (χ0) is 36.8. The third-order valence-corrected chi connectivity index (χ3v) is 14.9. The lowest BCUT2D eigenvalue weighted by molar-refractivity contribution is 0.0221. The van der Waals surface area contributed by atoms with E-state index in [4.69, 9.17) is 22.7 Å². The largest absolute Gasteiger partial charge is 0.531 e. The van der Waals surface area contributed by atoms with E-state index in [2.05, 4.69) is 69.5 Å². The Balaban J connectivity index is 1.89. The fraction of sp³-hybridized carbons (Fsp3) is 0.692. The van der Waals surface area contributed by atoms with Crippen LogP contribution in [0.15, 0.2) is 48.5 Å². The average Bonchev–Trinajstić information content (AvgIpc) is 2.96. The average molecular weight is 722 g/mol. The first-order valence-corrected chi connectivity index (χ1v) is 22.5. The van der Waals surface area contributed by atoms with Crippen LogP contribution in [0.1, 0.15) is 124 Å². The van der Waals surface area contributed by atoms with Crippen molar-refractivity contribution in [3.8, 4) is 5.75 Å². The molecular weight excluding hydrogens is 653 g/mol. The van der Waals surface area contributed by atoms with Crippen LogP contribution in [-0.4, -0.2) is 50.9 Å². The Bertz CT molecular complexity index is 1250. The van der Waals surface area contributed by atoms with Crippen LogP contribution in [0.4, 0.5) is 0 Å². The SMILES string of the molecule is CC(C)(C)OP(=O)(Oc1ccc([C@@H](O)CNCCCCCCOCCCCc2ccccc2)cc1CO[Si](C)(C)C(C)(C)C)OC(C)(C)C. The van der Waals surface area contributed by atoms with Crippen molar-refractivity contribution in [1.29, 1.82) is 0 Å². The van der Waals surface area contributed by atoms with E-state index >= 15 is 0 Å². The molecule has 0 heterocycles. The van der Waals surface area contributed by atoms with Gasteiger partial charge >= 0.3 is 7.82 Å². The molecule has 0 aliphatic rings. The second-order valence-corrected chi connectivity index (χ2v) is 22.8. The van der Waals surface area contributed by atoms with Gasteiger partial charge in [0, 0.05) is 25.3 Å². The van der Waals surface area contributed by atoms with Crippen molar-refractivity contribution in [3.63, 3.8) is 0 Å². The number of phosphoric acid groups is 1. The molecule has 280 valence electrons. The Kier molecular flexibility index (Phi) is 17.7. The maximum absolute atomic E-state index is 14.0. The number of nitrogens with one attached hydrogen (secondary N) is 1. The van der Waals surface area contributed by atoms with Crippen molar-refractivity contribution in [1.82, 2.24) is 5.32 Å². The summed E-state index contributed by atoms with van der Waals surface area (Å²) in [5, 5.41) is 14.5. The van der Waals surface area contributed by atoms with E-state index in [1.165, 1.54) is 5.56 Å². The van der Waals surface area contributed by atoms with Crippen LogP contribution < -0.4 is 9.84 Å². The van der Waals surface area contributed by atoms with E-state index in [-0.39, 0.29) is 11.6 Å². The molecule has 2 rings (SSSR count). The van der Waals surface area contributed by atoms with Crippen molar-refractivity contribution in [2.45, 2.75) is 149 Å². The molecule has 0 saturated carbocycles. The van der Waals surface area contributed by atoms with Crippen LogP contribution in [-0.2, 0) is 35.8 Å². The second kappa shape index (κ2) is 19.9. The highest BCUT2D eigenvalue weighted by atomic mass is 31.2. The Hall–Kier alpha value is -1.55. The number of unbranched alkanes of at least 4 members (excludes halogenated alkanes) is 4. The summed E-state index contributed by atoms with van der Waals surface area (Å²) < 4.78 is 44.2. The van der Waals surface area contributed by atoms with Gasteiger partial charge in [-0.1, -0.05) is 70.0 Å². The van der Waals surface area contributed by atoms with Crippen molar-refractivity contribution in [2.24, 2.45) is 0 Å². The lowest BCUT2D eigenvalue weighted by Crippen LogP contribution is -2.40. The van der Waals surface area contributed by atoms with Gasteiger partial charge in [0.25, 0.3) is 0 Å². The Labute approximate surface area is 299 Å². The number of ether oxygens (including phenoxy) is 1. The molecule has 8 nitrogen and oxygen atoms in total. The summed E-state index contributed by atoms with van der Waals surface area (Å²) in [6, 6.07) is 16.0. The molecule has 0 aliphatic heterocycles. The maximum Gasteiger partial charge on any atom is 0.531 e. The molecule has 0 radical (unpaired) electrons. The monoisotopic (exact) mass is 721 g/mol. The van der Waals surface area contributed by atoms with E-state index in [1.54, 1.807) is 12.1 Å². The number of aryl methyl sites for hydroxylation is 1. The summed E-state index contributed by atoms with van der Waals surface area (Å²) >= 11 is 0. The number of hydrogen-bond acceptors (Lipinski definition) is 8. The van der Waals surface area contributed by atoms with Crippen LogP contribution in [0.25, 0.3) is 0 Å². The van der Waals surface area contributed by atoms with E-state index < -0.39 is 33.4 Å². The standard InChI is InChI=1S/C39H68NO7PSi/c1-37(2,3)46-48(42,47-38(4,5)6)45-36-25-24-33(29-34(36)31-44-49(10,11)39(7,8)9)35(41)30-40-26-18-12-13-19-27-43-28-20-17-23-32-21-15-14-16-22-32/h14-16,21-22,24-25,29,35,40-41H,12-13,17-20,23,26-28,30-31H2,1-11H3/t35-/m0/s1. The van der Waals surface area contributed by atoms with Crippen LogP contribution in [0.3, 0.4) is 0 Å². The number of aliphatic hydroxyl groups excluding tert-OH is 1. The fourth-order valence-electron chi connectivity index (χ4n) is 4.77. The first kappa shape index (κ1) is 43.6. The highest BCUT2D eigenvalue weighted by molar-refractivity contribution is 7.49. The lowest BCUT2D eigenvalue weighted by atomic mass is 10.1. The van der Waals surface area contributed by atoms with Gasteiger partial charge in [0.15, 0.2) is 8.32 Å². The molecule has 0 spiro atoms. The molecule has 49 heavy (non-hydrogen) atoms. The zero-order valence-corrected chi connectivity index (χ0v) is 34.4. The van der Waals surface area contributed by atoms with E-state index in [9.17, 15) is 9.67 Å². The quantitative estimate of drug-likeness (QED) is 0.0705. The van der Waals surface area contributed by atoms with Gasteiger partial charge in [-0.2, -0.15) is 0 Å². The first-order valence-electron chi connectivity index (χ1n) is 18.2. The maximum atomic E-state index is 14.0. The summed E-state index contributed by atoms with van der Waals surface area (Å²) in [5.74, 6) is 0.357. The molecule has 0 bridgehead atoms. The minimum absolute atomic E-state index is 0.00467. The molecule has 0 aliphatic carbocycles. The van der Waals surface area contributed by atoms with Crippen molar-refractivity contribution >= 4 is 16.1 Å². The molecule has 0 amide bonds. The fourth-order valence-corrected chi connectivity index (χ4v) is 7.60. The van der Waals surface area contributed by atoms with Gasteiger partial charge in [-0.25, -0.2) is 4.57 Å². The smallest absolute Gasteiger partial charge is 0.412 e. The van der Waals surface area contributed by atoms with Crippen LogP contribution in [0.5, 0.6) is 5.75 Å². The first-order chi connectivity index (χ1) is 22.7. The van der Waals surface area contributed by atoms with Gasteiger partial charge < -0.3 is 24.1 Å². The van der Waals surface area contributed by atoms with Gasteiger partial charge in [-0.05, 0) is 122 Å². The highest BCUT2D eigenvalue weighted by Gasteiger charge is 2.40. The normalized spacial score (nSPS) is 13.9. The number of rotatable bonds is 22. The van der Waals surface area contributed by atoms with E-state index in [0.29, 0.717) is 17.9 Å². The van der Waals surface area contributed by atoms with Gasteiger partial charge in [0.05, 0.1) is 23.9 Å². The highest BCUT2D eigenvalue weighted by Crippen LogP contribution is 2.56. The molecular formula is C39H68NO7PSi. The number of benzene rings is 2. The third-order valence-electron chi connectivity index (χ3n) is 8.42. The zero-order valence-electron chi connectivity index (χ0n) is 32.5. The van der Waals surface area contributed by atoms with Crippen molar-refractivity contribution < 1.29 is 32.4 Å². The van der Waals surface area contributed by atoms with Gasteiger partial charge in [0.2, 0.25) is 0 Å². The summed E-state index contributed by atoms with van der Waals surface area (Å²) in [6.45, 7) is 25.0. The predicted octanol–water partition coefficient (Wildman–Crippen LogP) is 10.5. The Morgan fingerprint density at radius 1 is 0.796 bits per heavy atom. The number of aliphatic hydroxyl groups is 1. The second-order valence-electron chi connectivity index (χ2n) is 16.6. The molecule has 0 saturated heterocycles. The molecule has 0 fully saturated rings. The predicted molar refractivity (Wildman–Crippen MR) is 205 cm³/mol. The minimum atomic E-state index is -4.03.